The summed E-state index contributed by atoms with van der Waals surface area (Å²) in [4.78, 5) is 0.151. The van der Waals surface area contributed by atoms with Gasteiger partial charge in [-0.2, -0.15) is 0 Å². The first-order chi connectivity index (χ1) is 11.5. The summed E-state index contributed by atoms with van der Waals surface area (Å²) in [5.41, 5.74) is 4.43. The third-order valence-electron chi connectivity index (χ3n) is 4.19. The zero-order valence-corrected chi connectivity index (χ0v) is 16.4. The van der Waals surface area contributed by atoms with Crippen LogP contribution in [0.4, 0.5) is 0 Å². The van der Waals surface area contributed by atoms with E-state index in [1.165, 1.54) is 11.1 Å². The molecule has 1 heterocycles. The molecule has 0 bridgehead atoms. The van der Waals surface area contributed by atoms with Crippen LogP contribution in [0.5, 0.6) is 0 Å². The quantitative estimate of drug-likeness (QED) is 0.774. The lowest BCUT2D eigenvalue weighted by atomic mass is 10.1. The monoisotopic (exact) mass is 400 g/mol. The largest absolute Gasteiger partial charge is 0.309 e. The molecule has 0 amide bonds. The van der Waals surface area contributed by atoms with Gasteiger partial charge in [0.05, 0.1) is 5.02 Å². The number of halogens is 2. The summed E-state index contributed by atoms with van der Waals surface area (Å²) in [6.45, 7) is 4.02. The van der Waals surface area contributed by atoms with Crippen molar-refractivity contribution >= 4 is 34.0 Å². The van der Waals surface area contributed by atoms with Crippen molar-refractivity contribution in [3.63, 3.8) is 0 Å². The lowest BCUT2D eigenvalue weighted by Gasteiger charge is -2.11. The maximum atomic E-state index is 12.6. The van der Waals surface area contributed by atoms with Gasteiger partial charge in [0.25, 0.3) is 0 Å². The first kappa shape index (κ1) is 20.2. The minimum absolute atomic E-state index is 0. The Balaban J connectivity index is 0.00000225. The van der Waals surface area contributed by atoms with Crippen LogP contribution in [0.2, 0.25) is 5.02 Å². The van der Waals surface area contributed by atoms with Crippen molar-refractivity contribution in [2.45, 2.75) is 44.3 Å². The number of rotatable bonds is 6. The van der Waals surface area contributed by atoms with Crippen LogP contribution in [0, 0.1) is 0 Å². The third kappa shape index (κ3) is 4.74. The van der Waals surface area contributed by atoms with E-state index >= 15 is 0 Å². The normalized spacial score (nSPS) is 13.4. The molecule has 7 heteroatoms. The van der Waals surface area contributed by atoms with Crippen LogP contribution in [-0.4, -0.2) is 8.42 Å². The summed E-state index contributed by atoms with van der Waals surface area (Å²) < 4.78 is 27.9. The van der Waals surface area contributed by atoms with Crippen molar-refractivity contribution in [2.75, 3.05) is 0 Å². The van der Waals surface area contributed by atoms with E-state index in [0.29, 0.717) is 0 Å². The number of aryl methyl sites for hydroxylation is 1. The highest BCUT2D eigenvalue weighted by Gasteiger charge is 2.19. The lowest BCUT2D eigenvalue weighted by Crippen LogP contribution is -2.23. The first-order valence-corrected chi connectivity index (χ1v) is 9.95. The van der Waals surface area contributed by atoms with Gasteiger partial charge in [-0.25, -0.2) is 13.1 Å². The van der Waals surface area contributed by atoms with Gasteiger partial charge in [-0.05, 0) is 40.8 Å². The van der Waals surface area contributed by atoms with E-state index in [4.69, 9.17) is 11.6 Å². The SMILES string of the molecule is CCCc1ccc(Cl)c(S(=O)(=O)NCc2ccc3c(c2)CNC3)c1.Cl. The molecule has 136 valence electrons. The Morgan fingerprint density at radius 2 is 1.80 bits per heavy atom. The van der Waals surface area contributed by atoms with Crippen molar-refractivity contribution in [3.8, 4) is 0 Å². The molecule has 0 fully saturated rings. The van der Waals surface area contributed by atoms with Gasteiger partial charge in [0, 0.05) is 19.6 Å². The molecule has 0 atom stereocenters. The van der Waals surface area contributed by atoms with Crippen LogP contribution in [0.3, 0.4) is 0 Å². The molecule has 0 spiro atoms. The van der Waals surface area contributed by atoms with Crippen molar-refractivity contribution in [3.05, 3.63) is 63.7 Å². The molecule has 0 aromatic heterocycles. The van der Waals surface area contributed by atoms with E-state index in [2.05, 4.69) is 17.0 Å². The van der Waals surface area contributed by atoms with Crippen molar-refractivity contribution in [1.29, 1.82) is 0 Å². The molecule has 3 rings (SSSR count). The topological polar surface area (TPSA) is 58.2 Å². The highest BCUT2D eigenvalue weighted by molar-refractivity contribution is 7.89. The van der Waals surface area contributed by atoms with E-state index in [0.717, 1.165) is 37.1 Å². The van der Waals surface area contributed by atoms with E-state index < -0.39 is 10.0 Å². The standard InChI is InChI=1S/C18H21ClN2O2S.ClH/c1-2-3-13-5-7-17(19)18(9-13)24(22,23)21-10-14-4-6-15-11-20-12-16(15)8-14;/h4-9,20-21H,2-3,10-12H2,1H3;1H. The van der Waals surface area contributed by atoms with E-state index in [-0.39, 0.29) is 28.9 Å². The molecule has 2 aromatic carbocycles. The minimum atomic E-state index is -3.64. The Bertz CT molecular complexity index is 854. The minimum Gasteiger partial charge on any atom is -0.309 e. The molecule has 0 saturated heterocycles. The van der Waals surface area contributed by atoms with Crippen molar-refractivity contribution in [1.82, 2.24) is 10.0 Å². The fourth-order valence-corrected chi connectivity index (χ4v) is 4.48. The van der Waals surface area contributed by atoms with Crippen LogP contribution in [0.25, 0.3) is 0 Å². The van der Waals surface area contributed by atoms with Crippen LogP contribution < -0.4 is 10.0 Å². The molecule has 2 aromatic rings. The van der Waals surface area contributed by atoms with Gasteiger partial charge in [0.1, 0.15) is 4.90 Å². The van der Waals surface area contributed by atoms with Gasteiger partial charge in [-0.3, -0.25) is 0 Å². The van der Waals surface area contributed by atoms with Gasteiger partial charge in [-0.1, -0.05) is 49.2 Å². The van der Waals surface area contributed by atoms with E-state index in [1.807, 2.05) is 24.3 Å². The maximum Gasteiger partial charge on any atom is 0.242 e. The summed E-state index contributed by atoms with van der Waals surface area (Å²) >= 11 is 6.11. The summed E-state index contributed by atoms with van der Waals surface area (Å²) in [5.74, 6) is 0. The summed E-state index contributed by atoms with van der Waals surface area (Å²) in [5, 5.41) is 3.53. The molecule has 1 aliphatic heterocycles. The zero-order valence-electron chi connectivity index (χ0n) is 14.0. The number of hydrogen-bond acceptors (Lipinski definition) is 3. The molecule has 0 radical (unpaired) electrons. The average molecular weight is 401 g/mol. The van der Waals surface area contributed by atoms with Crippen molar-refractivity contribution in [2.24, 2.45) is 0 Å². The van der Waals surface area contributed by atoms with Gasteiger partial charge < -0.3 is 5.32 Å². The molecule has 0 saturated carbocycles. The second-order valence-corrected chi connectivity index (χ2v) is 8.19. The Kier molecular flexibility index (Phi) is 6.88. The average Bonchev–Trinajstić information content (AvgIpc) is 3.02. The number of benzene rings is 2. The molecule has 4 nitrogen and oxygen atoms in total. The highest BCUT2D eigenvalue weighted by Crippen LogP contribution is 2.24. The van der Waals surface area contributed by atoms with Crippen LogP contribution in [-0.2, 0) is 36.1 Å². The second kappa shape index (κ2) is 8.52. The molecular formula is C18H22Cl2N2O2S. The molecule has 1 aliphatic rings. The van der Waals surface area contributed by atoms with Gasteiger partial charge in [0.2, 0.25) is 10.0 Å². The Morgan fingerprint density at radius 1 is 1.08 bits per heavy atom. The Labute approximate surface area is 160 Å². The summed E-state index contributed by atoms with van der Waals surface area (Å²) in [6, 6.07) is 11.3. The van der Waals surface area contributed by atoms with Gasteiger partial charge in [0.15, 0.2) is 0 Å². The Hall–Kier alpha value is -1.11. The third-order valence-corrected chi connectivity index (χ3v) is 6.07. The Morgan fingerprint density at radius 3 is 2.56 bits per heavy atom. The molecule has 0 unspecified atom stereocenters. The molecule has 0 aliphatic carbocycles. The number of fused-ring (bicyclic) bond motifs is 1. The van der Waals surface area contributed by atoms with Crippen LogP contribution >= 0.6 is 24.0 Å². The smallest absolute Gasteiger partial charge is 0.242 e. The zero-order chi connectivity index (χ0) is 17.2. The fraction of sp³-hybridized carbons (Fsp3) is 0.333. The van der Waals surface area contributed by atoms with Crippen molar-refractivity contribution < 1.29 is 8.42 Å². The number of hydrogen-bond donors (Lipinski definition) is 2. The predicted octanol–water partition coefficient (Wildman–Crippen LogP) is 3.80. The number of nitrogens with one attached hydrogen (secondary N) is 2. The van der Waals surface area contributed by atoms with Crippen LogP contribution in [0.1, 0.15) is 35.6 Å². The summed E-state index contributed by atoms with van der Waals surface area (Å²) in [6.07, 6.45) is 1.79. The lowest BCUT2D eigenvalue weighted by molar-refractivity contribution is 0.581. The van der Waals surface area contributed by atoms with Crippen LogP contribution in [0.15, 0.2) is 41.3 Å². The number of sulfonamides is 1. The highest BCUT2D eigenvalue weighted by atomic mass is 35.5. The fourth-order valence-electron chi connectivity index (χ4n) is 2.91. The first-order valence-electron chi connectivity index (χ1n) is 8.09. The maximum absolute atomic E-state index is 12.6. The summed E-state index contributed by atoms with van der Waals surface area (Å²) in [7, 11) is -3.64. The van der Waals surface area contributed by atoms with Gasteiger partial charge >= 0.3 is 0 Å². The molecule has 25 heavy (non-hydrogen) atoms. The molecule has 2 N–H and O–H groups in total. The second-order valence-electron chi connectivity index (χ2n) is 6.05. The molecular weight excluding hydrogens is 379 g/mol. The van der Waals surface area contributed by atoms with Gasteiger partial charge in [-0.15, -0.1) is 12.4 Å². The predicted molar refractivity (Wildman–Crippen MR) is 104 cm³/mol. The van der Waals surface area contributed by atoms with E-state index in [1.54, 1.807) is 12.1 Å². The van der Waals surface area contributed by atoms with E-state index in [9.17, 15) is 8.42 Å².